The molecule has 0 radical (unpaired) electrons. The van der Waals surface area contributed by atoms with Gasteiger partial charge >= 0.3 is 12.0 Å². The molecule has 6 nitrogen and oxygen atoms in total. The largest absolute Gasteiger partial charge is 0.481 e. The van der Waals surface area contributed by atoms with Gasteiger partial charge in [-0.05, 0) is 37.0 Å². The van der Waals surface area contributed by atoms with Gasteiger partial charge in [0.2, 0.25) is 0 Å². The maximum Gasteiger partial charge on any atom is 0.324 e. The van der Waals surface area contributed by atoms with Crippen LogP contribution in [0.5, 0.6) is 0 Å². The molecule has 0 aliphatic carbocycles. The van der Waals surface area contributed by atoms with Gasteiger partial charge in [-0.1, -0.05) is 12.1 Å². The second-order valence-electron chi connectivity index (χ2n) is 5.86. The fraction of sp³-hybridized carbons (Fsp3) is 0.529. The van der Waals surface area contributed by atoms with Crippen molar-refractivity contribution < 1.29 is 19.4 Å². The van der Waals surface area contributed by atoms with E-state index in [4.69, 9.17) is 9.84 Å². The van der Waals surface area contributed by atoms with Crippen LogP contribution in [0.1, 0.15) is 24.8 Å². The zero-order chi connectivity index (χ0) is 16.8. The Kier molecular flexibility index (Phi) is 5.98. The lowest BCUT2D eigenvalue weighted by Crippen LogP contribution is -2.46. The Hall–Kier alpha value is -2.08. The van der Waals surface area contributed by atoms with E-state index >= 15 is 0 Å². The first-order valence-electron chi connectivity index (χ1n) is 7.88. The van der Waals surface area contributed by atoms with Crippen LogP contribution in [-0.2, 0) is 16.0 Å². The van der Waals surface area contributed by atoms with Gasteiger partial charge < -0.3 is 14.7 Å². The molecule has 1 aromatic carbocycles. The molecule has 0 atom stereocenters. The molecule has 1 saturated heterocycles. The summed E-state index contributed by atoms with van der Waals surface area (Å²) >= 11 is 0. The van der Waals surface area contributed by atoms with Gasteiger partial charge in [-0.25, -0.2) is 4.79 Å². The van der Waals surface area contributed by atoms with Crippen LogP contribution in [0.25, 0.3) is 0 Å². The fourth-order valence-electron chi connectivity index (χ4n) is 2.75. The minimum Gasteiger partial charge on any atom is -0.481 e. The van der Waals surface area contributed by atoms with Crippen LogP contribution in [0.2, 0.25) is 0 Å². The number of aliphatic carboxylic acids is 1. The third-order valence-electron chi connectivity index (χ3n) is 4.25. The Morgan fingerprint density at radius 2 is 1.96 bits per heavy atom. The lowest BCUT2D eigenvalue weighted by molar-refractivity contribution is -0.136. The highest BCUT2D eigenvalue weighted by atomic mass is 16.5. The fourth-order valence-corrected chi connectivity index (χ4v) is 2.75. The summed E-state index contributed by atoms with van der Waals surface area (Å²) in [7, 11) is 3.57. The first-order valence-corrected chi connectivity index (χ1v) is 7.88. The van der Waals surface area contributed by atoms with Crippen molar-refractivity contribution >= 4 is 17.7 Å². The molecule has 23 heavy (non-hydrogen) atoms. The molecule has 6 heteroatoms. The maximum absolute atomic E-state index is 12.6. The van der Waals surface area contributed by atoms with Crippen LogP contribution in [0, 0.1) is 0 Å². The quantitative estimate of drug-likeness (QED) is 0.904. The molecular formula is C17H24N2O4. The Labute approximate surface area is 136 Å². The lowest BCUT2D eigenvalue weighted by atomic mass is 10.1. The van der Waals surface area contributed by atoms with Crippen LogP contribution < -0.4 is 4.90 Å². The highest BCUT2D eigenvalue weighted by Gasteiger charge is 2.25. The van der Waals surface area contributed by atoms with Crippen molar-refractivity contribution in [3.63, 3.8) is 0 Å². The van der Waals surface area contributed by atoms with Gasteiger partial charge in [0.05, 0.1) is 0 Å². The molecule has 2 rings (SSSR count). The third kappa shape index (κ3) is 4.69. The molecule has 0 unspecified atom stereocenters. The molecule has 1 aromatic rings. The normalized spacial score (nSPS) is 15.2. The average molecular weight is 320 g/mol. The molecule has 126 valence electrons. The van der Waals surface area contributed by atoms with Gasteiger partial charge in [-0.2, -0.15) is 0 Å². The van der Waals surface area contributed by atoms with Crippen molar-refractivity contribution in [1.82, 2.24) is 4.90 Å². The van der Waals surface area contributed by atoms with Crippen molar-refractivity contribution in [2.24, 2.45) is 0 Å². The number of benzene rings is 1. The van der Waals surface area contributed by atoms with E-state index in [-0.39, 0.29) is 18.5 Å². The number of ether oxygens (including phenoxy) is 1. The molecule has 0 saturated carbocycles. The number of carbonyl (C=O) groups is 2. The van der Waals surface area contributed by atoms with E-state index in [0.717, 1.165) is 24.1 Å². The highest BCUT2D eigenvalue weighted by molar-refractivity contribution is 5.91. The minimum absolute atomic E-state index is 0.0627. The van der Waals surface area contributed by atoms with E-state index in [1.54, 1.807) is 16.8 Å². The lowest BCUT2D eigenvalue weighted by Gasteiger charge is -2.34. The molecular weight excluding hydrogens is 296 g/mol. The van der Waals surface area contributed by atoms with E-state index < -0.39 is 5.97 Å². The standard InChI is InChI=1S/C17H24N2O4/c1-18(14-8-10-23-11-9-14)17(22)19(2)15-5-3-4-13(12-15)6-7-16(20)21/h3-5,12,14H,6-11H2,1-2H3,(H,20,21). The monoisotopic (exact) mass is 320 g/mol. The van der Waals surface area contributed by atoms with Gasteiger partial charge in [-0.3, -0.25) is 9.69 Å². The number of rotatable bonds is 5. The molecule has 0 aromatic heterocycles. The molecule has 0 spiro atoms. The zero-order valence-corrected chi connectivity index (χ0v) is 13.7. The number of carbonyl (C=O) groups excluding carboxylic acids is 1. The van der Waals surface area contributed by atoms with Gasteiger partial charge in [0.1, 0.15) is 0 Å². The van der Waals surface area contributed by atoms with Crippen LogP contribution >= 0.6 is 0 Å². The number of carboxylic acids is 1. The van der Waals surface area contributed by atoms with E-state index in [1.807, 2.05) is 31.3 Å². The first-order chi connectivity index (χ1) is 11.0. The van der Waals surface area contributed by atoms with E-state index in [1.165, 1.54) is 0 Å². The number of aryl methyl sites for hydroxylation is 1. The van der Waals surface area contributed by atoms with Gasteiger partial charge in [0.25, 0.3) is 0 Å². The SMILES string of the molecule is CN(C(=O)N(C)C1CCOCC1)c1cccc(CCC(=O)O)c1. The summed E-state index contributed by atoms with van der Waals surface area (Å²) in [4.78, 5) is 26.7. The zero-order valence-electron chi connectivity index (χ0n) is 13.7. The average Bonchev–Trinajstić information content (AvgIpc) is 2.59. The van der Waals surface area contributed by atoms with Crippen LogP contribution in [0.3, 0.4) is 0 Å². The summed E-state index contributed by atoms with van der Waals surface area (Å²) in [6, 6.07) is 7.61. The van der Waals surface area contributed by atoms with Crippen LogP contribution in [-0.4, -0.2) is 55.4 Å². The van der Waals surface area contributed by atoms with Crippen molar-refractivity contribution in [2.45, 2.75) is 31.7 Å². The number of carboxylic acid groups (broad SMARTS) is 1. The number of urea groups is 1. The smallest absolute Gasteiger partial charge is 0.324 e. The van der Waals surface area contributed by atoms with Crippen molar-refractivity contribution in [3.8, 4) is 0 Å². The van der Waals surface area contributed by atoms with Crippen LogP contribution in [0.15, 0.2) is 24.3 Å². The Bertz CT molecular complexity index is 555. The predicted molar refractivity (Wildman–Crippen MR) is 87.8 cm³/mol. The van der Waals surface area contributed by atoms with E-state index in [0.29, 0.717) is 19.6 Å². The molecule has 1 aliphatic heterocycles. The Morgan fingerprint density at radius 1 is 1.26 bits per heavy atom. The second kappa shape index (κ2) is 7.97. The van der Waals surface area contributed by atoms with E-state index in [2.05, 4.69) is 0 Å². The number of anilines is 1. The van der Waals surface area contributed by atoms with E-state index in [9.17, 15) is 9.59 Å². The number of nitrogens with zero attached hydrogens (tertiary/aromatic N) is 2. The van der Waals surface area contributed by atoms with Crippen molar-refractivity contribution in [1.29, 1.82) is 0 Å². The minimum atomic E-state index is -0.820. The maximum atomic E-state index is 12.6. The molecule has 2 amide bonds. The first kappa shape index (κ1) is 17.3. The summed E-state index contributed by atoms with van der Waals surface area (Å²) in [6.07, 6.45) is 2.26. The molecule has 1 N–H and O–H groups in total. The molecule has 0 bridgehead atoms. The predicted octanol–water partition coefficient (Wildman–Crippen LogP) is 2.37. The second-order valence-corrected chi connectivity index (χ2v) is 5.86. The third-order valence-corrected chi connectivity index (χ3v) is 4.25. The van der Waals surface area contributed by atoms with Crippen LogP contribution in [0.4, 0.5) is 10.5 Å². The summed E-state index contributed by atoms with van der Waals surface area (Å²) < 4.78 is 5.34. The summed E-state index contributed by atoms with van der Waals surface area (Å²) in [5.41, 5.74) is 1.69. The topological polar surface area (TPSA) is 70.1 Å². The number of amides is 2. The molecule has 1 heterocycles. The number of hydrogen-bond donors (Lipinski definition) is 1. The van der Waals surface area contributed by atoms with Gasteiger partial charge in [0.15, 0.2) is 0 Å². The summed E-state index contributed by atoms with van der Waals surface area (Å²) in [5, 5.41) is 8.78. The molecule has 1 aliphatic rings. The van der Waals surface area contributed by atoms with Gasteiger partial charge in [0, 0.05) is 45.5 Å². The summed E-state index contributed by atoms with van der Waals surface area (Å²) in [6.45, 7) is 1.38. The summed E-state index contributed by atoms with van der Waals surface area (Å²) in [5.74, 6) is -0.820. The van der Waals surface area contributed by atoms with Crippen molar-refractivity contribution in [3.05, 3.63) is 29.8 Å². The number of hydrogen-bond acceptors (Lipinski definition) is 3. The Balaban J connectivity index is 2.03. The highest BCUT2D eigenvalue weighted by Crippen LogP contribution is 2.20. The Morgan fingerprint density at radius 3 is 2.61 bits per heavy atom. The molecule has 1 fully saturated rings. The van der Waals surface area contributed by atoms with Gasteiger partial charge in [-0.15, -0.1) is 0 Å². The van der Waals surface area contributed by atoms with Crippen molar-refractivity contribution in [2.75, 3.05) is 32.2 Å².